The van der Waals surface area contributed by atoms with E-state index >= 15 is 0 Å². The van der Waals surface area contributed by atoms with Crippen molar-refractivity contribution in [2.45, 2.75) is 6.92 Å². The highest BCUT2D eigenvalue weighted by Gasteiger charge is 2.28. The third kappa shape index (κ3) is 1.13. The number of carbonyl (C=O) groups excluding carboxylic acids is 1. The molecule has 0 amide bonds. The third-order valence-corrected chi connectivity index (χ3v) is 2.63. The van der Waals surface area contributed by atoms with Crippen molar-refractivity contribution in [2.24, 2.45) is 9.98 Å². The van der Waals surface area contributed by atoms with Crippen molar-refractivity contribution in [3.8, 4) is 0 Å². The topological polar surface area (TPSA) is 45.0 Å². The summed E-state index contributed by atoms with van der Waals surface area (Å²) in [5, 5.41) is 0. The Hall–Kier alpha value is -2.23. The van der Waals surface area contributed by atoms with Gasteiger partial charge in [-0.25, -0.2) is 9.98 Å². The lowest BCUT2D eigenvalue weighted by molar-refractivity contribution is -0.113. The van der Waals surface area contributed by atoms with E-state index in [2.05, 4.69) is 9.98 Å². The van der Waals surface area contributed by atoms with Gasteiger partial charge in [0.05, 0.1) is 11.4 Å². The molecule has 4 heteroatoms. The van der Waals surface area contributed by atoms with Crippen LogP contribution in [0.4, 0.5) is 0 Å². The molecule has 0 aromatic carbocycles. The second-order valence-electron chi connectivity index (χ2n) is 3.64. The summed E-state index contributed by atoms with van der Waals surface area (Å²) in [4.78, 5) is 21.7. The van der Waals surface area contributed by atoms with E-state index < -0.39 is 0 Å². The highest BCUT2D eigenvalue weighted by molar-refractivity contribution is 6.05. The standard InChI is InChI=1S/C12H9N3O/c1-8(16)10-3-2-9-4-6-13-12-14-7-5-11(10)15(9)12/h2-7H,1H3. The zero-order valence-electron chi connectivity index (χ0n) is 8.71. The smallest absolute Gasteiger partial charge is 0.234 e. The van der Waals surface area contributed by atoms with Crippen LogP contribution >= 0.6 is 0 Å². The summed E-state index contributed by atoms with van der Waals surface area (Å²) in [5.41, 5.74) is 2.53. The highest BCUT2D eigenvalue weighted by atomic mass is 16.1. The predicted molar refractivity (Wildman–Crippen MR) is 61.8 cm³/mol. The van der Waals surface area contributed by atoms with Gasteiger partial charge in [0.1, 0.15) is 0 Å². The molecule has 0 spiro atoms. The first-order valence-electron chi connectivity index (χ1n) is 4.99. The van der Waals surface area contributed by atoms with Crippen LogP contribution in [0.5, 0.6) is 0 Å². The van der Waals surface area contributed by atoms with Crippen LogP contribution in [-0.2, 0) is 4.79 Å². The Labute approximate surface area is 92.7 Å². The Balaban J connectivity index is 2.21. The first kappa shape index (κ1) is 9.03. The normalized spacial score (nSPS) is 20.7. The average Bonchev–Trinajstić information content (AvgIpc) is 2.30. The number of allylic oxidation sites excluding steroid dienone is 5. The SMILES string of the molecule is CC(=O)C1=CC=C2C=CN=C3N=CC=C1N23. The van der Waals surface area contributed by atoms with Gasteiger partial charge in [-0.3, -0.25) is 9.69 Å². The summed E-state index contributed by atoms with van der Waals surface area (Å²) >= 11 is 0. The minimum Gasteiger partial charge on any atom is -0.294 e. The summed E-state index contributed by atoms with van der Waals surface area (Å²) in [5.74, 6) is 0.656. The molecule has 0 aromatic rings. The molecule has 0 aliphatic carbocycles. The number of hydrogen-bond donors (Lipinski definition) is 0. The Morgan fingerprint density at radius 1 is 1.31 bits per heavy atom. The number of hydrogen-bond acceptors (Lipinski definition) is 4. The van der Waals surface area contributed by atoms with Gasteiger partial charge in [-0.2, -0.15) is 0 Å². The van der Waals surface area contributed by atoms with Crippen molar-refractivity contribution >= 4 is 18.0 Å². The van der Waals surface area contributed by atoms with E-state index in [9.17, 15) is 4.79 Å². The summed E-state index contributed by atoms with van der Waals surface area (Å²) in [7, 11) is 0. The fraction of sp³-hybridized carbons (Fsp3) is 0.0833. The lowest BCUT2D eigenvalue weighted by atomic mass is 10.0. The molecular weight excluding hydrogens is 202 g/mol. The number of rotatable bonds is 1. The Morgan fingerprint density at radius 2 is 2.19 bits per heavy atom. The van der Waals surface area contributed by atoms with Gasteiger partial charge in [-0.05, 0) is 31.2 Å². The molecule has 3 rings (SSSR count). The van der Waals surface area contributed by atoms with Gasteiger partial charge in [0.15, 0.2) is 5.78 Å². The molecule has 0 aromatic heterocycles. The van der Waals surface area contributed by atoms with Crippen molar-refractivity contribution in [2.75, 3.05) is 0 Å². The van der Waals surface area contributed by atoms with Crippen molar-refractivity contribution in [3.63, 3.8) is 0 Å². The minimum absolute atomic E-state index is 0.0470. The van der Waals surface area contributed by atoms with Gasteiger partial charge in [0.25, 0.3) is 0 Å². The molecule has 0 unspecified atom stereocenters. The van der Waals surface area contributed by atoms with E-state index in [1.165, 1.54) is 0 Å². The summed E-state index contributed by atoms with van der Waals surface area (Å²) < 4.78 is 0. The van der Waals surface area contributed by atoms with Crippen LogP contribution in [0.1, 0.15) is 6.92 Å². The van der Waals surface area contributed by atoms with Crippen LogP contribution in [0.2, 0.25) is 0 Å². The van der Waals surface area contributed by atoms with Gasteiger partial charge in [0.2, 0.25) is 5.96 Å². The Morgan fingerprint density at radius 3 is 3.00 bits per heavy atom. The fourth-order valence-corrected chi connectivity index (χ4v) is 1.91. The molecule has 0 saturated carbocycles. The Bertz CT molecular complexity index is 559. The van der Waals surface area contributed by atoms with Crippen molar-refractivity contribution in [1.29, 1.82) is 0 Å². The lowest BCUT2D eigenvalue weighted by Crippen LogP contribution is -2.34. The fourth-order valence-electron chi connectivity index (χ4n) is 1.91. The molecule has 0 N–H and O–H groups in total. The molecule has 3 aliphatic heterocycles. The molecule has 78 valence electrons. The van der Waals surface area contributed by atoms with E-state index in [1.807, 2.05) is 29.2 Å². The minimum atomic E-state index is 0.0470. The maximum absolute atomic E-state index is 11.5. The molecule has 3 heterocycles. The summed E-state index contributed by atoms with van der Waals surface area (Å²) in [6.45, 7) is 1.56. The van der Waals surface area contributed by atoms with E-state index in [1.54, 1.807) is 19.3 Å². The van der Waals surface area contributed by atoms with Crippen LogP contribution in [0.15, 0.2) is 57.5 Å². The first-order chi connectivity index (χ1) is 7.77. The quantitative estimate of drug-likeness (QED) is 0.660. The van der Waals surface area contributed by atoms with Crippen molar-refractivity contribution in [1.82, 2.24) is 4.90 Å². The Kier molecular flexibility index (Phi) is 1.77. The van der Waals surface area contributed by atoms with Crippen LogP contribution in [0.25, 0.3) is 0 Å². The van der Waals surface area contributed by atoms with Crippen LogP contribution in [0.3, 0.4) is 0 Å². The van der Waals surface area contributed by atoms with Crippen LogP contribution in [-0.4, -0.2) is 22.9 Å². The lowest BCUT2D eigenvalue weighted by Gasteiger charge is -2.33. The monoisotopic (exact) mass is 211 g/mol. The molecule has 0 saturated heterocycles. The zero-order valence-corrected chi connectivity index (χ0v) is 8.71. The maximum atomic E-state index is 11.5. The highest BCUT2D eigenvalue weighted by Crippen LogP contribution is 2.30. The van der Waals surface area contributed by atoms with Crippen molar-refractivity contribution < 1.29 is 4.79 Å². The maximum Gasteiger partial charge on any atom is 0.234 e. The van der Waals surface area contributed by atoms with E-state index in [0.29, 0.717) is 11.5 Å². The van der Waals surface area contributed by atoms with E-state index in [-0.39, 0.29) is 5.78 Å². The number of Topliss-reactive ketones (excluding diaryl/α,β-unsaturated/α-hetero) is 1. The molecule has 0 radical (unpaired) electrons. The van der Waals surface area contributed by atoms with E-state index in [4.69, 9.17) is 0 Å². The number of nitrogens with zero attached hydrogens (tertiary/aromatic N) is 3. The molecule has 16 heavy (non-hydrogen) atoms. The third-order valence-electron chi connectivity index (χ3n) is 2.63. The van der Waals surface area contributed by atoms with Gasteiger partial charge < -0.3 is 0 Å². The number of aliphatic imine (C=N–C) groups is 2. The first-order valence-corrected chi connectivity index (χ1v) is 4.99. The zero-order chi connectivity index (χ0) is 11.1. The average molecular weight is 211 g/mol. The molecular formula is C12H9N3O. The molecule has 4 nitrogen and oxygen atoms in total. The van der Waals surface area contributed by atoms with Crippen LogP contribution < -0.4 is 0 Å². The second-order valence-corrected chi connectivity index (χ2v) is 3.64. The second kappa shape index (κ2) is 3.13. The molecule has 3 aliphatic rings. The van der Waals surface area contributed by atoms with Gasteiger partial charge >= 0.3 is 0 Å². The molecule has 0 atom stereocenters. The van der Waals surface area contributed by atoms with E-state index in [0.717, 1.165) is 11.4 Å². The molecule has 0 fully saturated rings. The van der Waals surface area contributed by atoms with Gasteiger partial charge in [-0.1, -0.05) is 0 Å². The van der Waals surface area contributed by atoms with Gasteiger partial charge in [0, 0.05) is 18.0 Å². The largest absolute Gasteiger partial charge is 0.294 e. The number of guanidine groups is 1. The number of carbonyl (C=O) groups is 1. The summed E-state index contributed by atoms with van der Waals surface area (Å²) in [6.07, 6.45) is 10.9. The predicted octanol–water partition coefficient (Wildman–Crippen LogP) is 1.55. The van der Waals surface area contributed by atoms with Gasteiger partial charge in [-0.15, -0.1) is 0 Å². The van der Waals surface area contributed by atoms with Crippen LogP contribution in [0, 0.1) is 0 Å². The summed E-state index contributed by atoms with van der Waals surface area (Å²) in [6, 6.07) is 0. The molecule has 0 bridgehead atoms. The van der Waals surface area contributed by atoms with Crippen molar-refractivity contribution in [3.05, 3.63) is 47.5 Å². The number of ketones is 1.